The molecule has 0 aromatic heterocycles. The zero-order valence-electron chi connectivity index (χ0n) is 21.9. The number of amides is 1. The molecule has 1 aliphatic heterocycles. The number of rotatable bonds is 5. The van der Waals surface area contributed by atoms with Gasteiger partial charge in [0.1, 0.15) is 0 Å². The highest BCUT2D eigenvalue weighted by atomic mass is 19.2. The number of aryl methyl sites for hydroxylation is 1. The van der Waals surface area contributed by atoms with Crippen LogP contribution in [0.1, 0.15) is 70.6 Å². The van der Waals surface area contributed by atoms with Crippen molar-refractivity contribution in [1.29, 1.82) is 0 Å². The Bertz CT molecular complexity index is 1390. The molecule has 1 heterocycles. The van der Waals surface area contributed by atoms with E-state index in [9.17, 15) is 23.5 Å². The van der Waals surface area contributed by atoms with Gasteiger partial charge in [0.15, 0.2) is 17.7 Å². The molecule has 0 spiro atoms. The standard InChI is InChI=1S/C30H31F2NO4/c1-16-7-9-19(10-8-16)25-17(2)21-14-33(28(34)20-11-12-23(31)24(32)13-20)15-22(21)18(3)26(25)27(29(35)36)37-30(4,5)6/h7-13,27H,14-15H2,1-6H3,(H,35,36). The largest absolute Gasteiger partial charge is 0.479 e. The maximum atomic E-state index is 13.8. The molecule has 1 N–H and O–H groups in total. The van der Waals surface area contributed by atoms with Crippen molar-refractivity contribution >= 4 is 11.9 Å². The quantitative estimate of drug-likeness (QED) is 0.420. The smallest absolute Gasteiger partial charge is 0.337 e. The molecule has 0 aliphatic carbocycles. The van der Waals surface area contributed by atoms with Gasteiger partial charge < -0.3 is 14.7 Å². The number of benzene rings is 3. The Labute approximate surface area is 215 Å². The van der Waals surface area contributed by atoms with Gasteiger partial charge in [0.2, 0.25) is 0 Å². The number of carbonyl (C=O) groups excluding carboxylic acids is 1. The topological polar surface area (TPSA) is 66.8 Å². The molecule has 7 heteroatoms. The first kappa shape index (κ1) is 26.5. The van der Waals surface area contributed by atoms with Crippen LogP contribution in [0.15, 0.2) is 42.5 Å². The molecule has 37 heavy (non-hydrogen) atoms. The van der Waals surface area contributed by atoms with Gasteiger partial charge in [-0.3, -0.25) is 4.79 Å². The summed E-state index contributed by atoms with van der Waals surface area (Å²) in [4.78, 5) is 27.3. The van der Waals surface area contributed by atoms with Gasteiger partial charge in [-0.05, 0) is 93.1 Å². The third-order valence-corrected chi connectivity index (χ3v) is 6.77. The van der Waals surface area contributed by atoms with E-state index in [0.29, 0.717) is 5.56 Å². The van der Waals surface area contributed by atoms with Gasteiger partial charge in [0.25, 0.3) is 5.91 Å². The Balaban J connectivity index is 1.88. The van der Waals surface area contributed by atoms with Gasteiger partial charge >= 0.3 is 5.97 Å². The molecule has 1 aliphatic rings. The van der Waals surface area contributed by atoms with Crippen LogP contribution in [-0.4, -0.2) is 27.5 Å². The van der Waals surface area contributed by atoms with Crippen molar-refractivity contribution < 1.29 is 28.2 Å². The zero-order chi connectivity index (χ0) is 27.2. The third-order valence-electron chi connectivity index (χ3n) is 6.77. The van der Waals surface area contributed by atoms with Crippen LogP contribution < -0.4 is 0 Å². The lowest BCUT2D eigenvalue weighted by molar-refractivity contribution is -0.160. The van der Waals surface area contributed by atoms with E-state index in [1.165, 1.54) is 6.07 Å². The second kappa shape index (κ2) is 9.71. The van der Waals surface area contributed by atoms with Crippen LogP contribution in [-0.2, 0) is 22.6 Å². The maximum Gasteiger partial charge on any atom is 0.337 e. The second-order valence-corrected chi connectivity index (χ2v) is 10.6. The highest BCUT2D eigenvalue weighted by Gasteiger charge is 2.36. The summed E-state index contributed by atoms with van der Waals surface area (Å²) in [5, 5.41) is 10.3. The summed E-state index contributed by atoms with van der Waals surface area (Å²) in [6.07, 6.45) is -1.23. The van der Waals surface area contributed by atoms with Gasteiger partial charge in [0.05, 0.1) is 5.60 Å². The van der Waals surface area contributed by atoms with Gasteiger partial charge in [-0.15, -0.1) is 0 Å². The predicted octanol–water partition coefficient (Wildman–Crippen LogP) is 6.65. The Morgan fingerprint density at radius 3 is 2.05 bits per heavy atom. The fourth-order valence-corrected chi connectivity index (χ4v) is 4.98. The van der Waals surface area contributed by atoms with Gasteiger partial charge in [0, 0.05) is 24.2 Å². The summed E-state index contributed by atoms with van der Waals surface area (Å²) in [7, 11) is 0. The van der Waals surface area contributed by atoms with Gasteiger partial charge in [-0.25, -0.2) is 13.6 Å². The van der Waals surface area contributed by atoms with E-state index in [0.717, 1.165) is 51.1 Å². The minimum Gasteiger partial charge on any atom is -0.479 e. The minimum absolute atomic E-state index is 0.0560. The Morgan fingerprint density at radius 2 is 1.51 bits per heavy atom. The minimum atomic E-state index is -1.23. The van der Waals surface area contributed by atoms with Crippen LogP contribution in [0.25, 0.3) is 11.1 Å². The molecule has 1 atom stereocenters. The molecule has 4 rings (SSSR count). The first-order chi connectivity index (χ1) is 17.3. The van der Waals surface area contributed by atoms with Crippen molar-refractivity contribution in [2.24, 2.45) is 0 Å². The molecule has 0 radical (unpaired) electrons. The van der Waals surface area contributed by atoms with Crippen LogP contribution in [0.5, 0.6) is 0 Å². The number of carboxylic acid groups (broad SMARTS) is 1. The van der Waals surface area contributed by atoms with Crippen LogP contribution in [0.2, 0.25) is 0 Å². The number of aliphatic carboxylic acids is 1. The summed E-state index contributed by atoms with van der Waals surface area (Å²) < 4.78 is 33.3. The number of hydrogen-bond acceptors (Lipinski definition) is 3. The number of ether oxygens (including phenoxy) is 1. The van der Waals surface area contributed by atoms with Crippen LogP contribution >= 0.6 is 0 Å². The van der Waals surface area contributed by atoms with Crippen molar-refractivity contribution in [3.8, 4) is 11.1 Å². The number of carboxylic acids is 1. The van der Waals surface area contributed by atoms with E-state index in [4.69, 9.17) is 4.74 Å². The fourth-order valence-electron chi connectivity index (χ4n) is 4.98. The van der Waals surface area contributed by atoms with E-state index in [2.05, 4.69) is 0 Å². The third kappa shape index (κ3) is 5.14. The lowest BCUT2D eigenvalue weighted by Gasteiger charge is -2.29. The molecule has 0 saturated heterocycles. The molecule has 3 aromatic carbocycles. The van der Waals surface area contributed by atoms with Crippen LogP contribution in [0.3, 0.4) is 0 Å². The van der Waals surface area contributed by atoms with E-state index in [-0.39, 0.29) is 18.7 Å². The van der Waals surface area contributed by atoms with Crippen molar-refractivity contribution in [3.05, 3.63) is 93.0 Å². The highest BCUT2D eigenvalue weighted by molar-refractivity contribution is 5.95. The lowest BCUT2D eigenvalue weighted by Crippen LogP contribution is -2.28. The summed E-state index contributed by atoms with van der Waals surface area (Å²) in [5.74, 6) is -3.62. The van der Waals surface area contributed by atoms with Crippen molar-refractivity contribution in [2.45, 2.75) is 66.3 Å². The predicted molar refractivity (Wildman–Crippen MR) is 137 cm³/mol. The zero-order valence-corrected chi connectivity index (χ0v) is 21.9. The summed E-state index contributed by atoms with van der Waals surface area (Å²) in [5.41, 5.74) is 5.98. The average Bonchev–Trinajstić information content (AvgIpc) is 3.27. The molecule has 5 nitrogen and oxygen atoms in total. The molecule has 0 fully saturated rings. The first-order valence-corrected chi connectivity index (χ1v) is 12.1. The van der Waals surface area contributed by atoms with Crippen LogP contribution in [0.4, 0.5) is 8.78 Å². The fraction of sp³-hybridized carbons (Fsp3) is 0.333. The maximum absolute atomic E-state index is 13.8. The average molecular weight is 508 g/mol. The molecule has 1 unspecified atom stereocenters. The number of halogens is 2. The molecule has 1 amide bonds. The molecule has 3 aromatic rings. The van der Waals surface area contributed by atoms with E-state index < -0.39 is 35.2 Å². The Kier molecular flexibility index (Phi) is 6.95. The summed E-state index contributed by atoms with van der Waals surface area (Å²) >= 11 is 0. The van der Waals surface area contributed by atoms with E-state index in [1.807, 2.05) is 65.8 Å². The van der Waals surface area contributed by atoms with Crippen molar-refractivity contribution in [3.63, 3.8) is 0 Å². The Hall–Kier alpha value is -3.58. The number of hydrogen-bond donors (Lipinski definition) is 1. The van der Waals surface area contributed by atoms with Gasteiger partial charge in [-0.2, -0.15) is 0 Å². The van der Waals surface area contributed by atoms with Crippen molar-refractivity contribution in [2.75, 3.05) is 0 Å². The monoisotopic (exact) mass is 507 g/mol. The molecule has 0 saturated carbocycles. The van der Waals surface area contributed by atoms with Crippen molar-refractivity contribution in [1.82, 2.24) is 4.90 Å². The van der Waals surface area contributed by atoms with E-state index >= 15 is 0 Å². The van der Waals surface area contributed by atoms with Gasteiger partial charge in [-0.1, -0.05) is 29.8 Å². The second-order valence-electron chi connectivity index (χ2n) is 10.6. The molecule has 194 valence electrons. The first-order valence-electron chi connectivity index (χ1n) is 12.1. The molecular weight excluding hydrogens is 476 g/mol. The van der Waals surface area contributed by atoms with E-state index in [1.54, 1.807) is 4.90 Å². The normalized spacial score (nSPS) is 14.0. The summed E-state index contributed by atoms with van der Waals surface area (Å²) in [6.45, 7) is 11.7. The molecule has 0 bridgehead atoms. The highest BCUT2D eigenvalue weighted by Crippen LogP contribution is 2.44. The number of fused-ring (bicyclic) bond motifs is 1. The molecular formula is C30H31F2NO4. The van der Waals surface area contributed by atoms with Crippen LogP contribution in [0, 0.1) is 32.4 Å². The number of nitrogens with zero attached hydrogens (tertiary/aromatic N) is 1. The number of carbonyl (C=O) groups is 2. The summed E-state index contributed by atoms with van der Waals surface area (Å²) in [6, 6.07) is 11.0. The lowest BCUT2D eigenvalue weighted by atomic mass is 9.83. The SMILES string of the molecule is Cc1ccc(-c2c(C)c3c(c(C)c2C(OC(C)(C)C)C(=O)O)CN(C(=O)c2ccc(F)c(F)c2)C3)cc1. The Morgan fingerprint density at radius 1 is 0.919 bits per heavy atom.